The minimum absolute atomic E-state index is 0.795. The molecule has 19 heavy (non-hydrogen) atoms. The van der Waals surface area contributed by atoms with Crippen LogP contribution in [0.4, 0.5) is 5.82 Å². The van der Waals surface area contributed by atoms with Gasteiger partial charge in [-0.25, -0.2) is 4.98 Å². The Labute approximate surface area is 111 Å². The number of nitrogens with zero attached hydrogens (tertiary/aromatic N) is 3. The number of pyridine rings is 1. The Morgan fingerprint density at radius 1 is 1.05 bits per heavy atom. The van der Waals surface area contributed by atoms with Gasteiger partial charge in [0.05, 0.1) is 0 Å². The average Bonchev–Trinajstić information content (AvgIpc) is 2.48. The molecule has 0 atom stereocenters. The number of anilines is 1. The van der Waals surface area contributed by atoms with Crippen molar-refractivity contribution < 1.29 is 0 Å². The van der Waals surface area contributed by atoms with Gasteiger partial charge in [0.2, 0.25) is 0 Å². The predicted octanol–water partition coefficient (Wildman–Crippen LogP) is 3.12. The second kappa shape index (κ2) is 5.02. The van der Waals surface area contributed by atoms with Crippen LogP contribution in [0.3, 0.4) is 0 Å². The van der Waals surface area contributed by atoms with Crippen LogP contribution in [0.2, 0.25) is 0 Å². The number of hydrogen-bond acceptors (Lipinski definition) is 4. The summed E-state index contributed by atoms with van der Waals surface area (Å²) in [6, 6.07) is 8.16. The van der Waals surface area contributed by atoms with E-state index in [2.05, 4.69) is 32.4 Å². The van der Waals surface area contributed by atoms with Gasteiger partial charge in [0.1, 0.15) is 5.69 Å². The standard InChI is InChI=1S/C15H14N4/c1-2-17-15-14(18-7-8-19-15)13-10-16-9-11-5-3-4-6-12(11)13/h3-10H,2H2,1H3,(H,17,19). The molecule has 0 aliphatic carbocycles. The molecular weight excluding hydrogens is 236 g/mol. The normalized spacial score (nSPS) is 10.6. The lowest BCUT2D eigenvalue weighted by Gasteiger charge is -2.10. The maximum Gasteiger partial charge on any atom is 0.152 e. The van der Waals surface area contributed by atoms with E-state index in [-0.39, 0.29) is 0 Å². The van der Waals surface area contributed by atoms with E-state index in [9.17, 15) is 0 Å². The van der Waals surface area contributed by atoms with E-state index >= 15 is 0 Å². The molecule has 0 bridgehead atoms. The number of nitrogens with one attached hydrogen (secondary N) is 1. The Balaban J connectivity index is 2.25. The van der Waals surface area contributed by atoms with Gasteiger partial charge in [0.15, 0.2) is 5.82 Å². The lowest BCUT2D eigenvalue weighted by atomic mass is 10.1. The summed E-state index contributed by atoms with van der Waals surface area (Å²) in [7, 11) is 0. The van der Waals surface area contributed by atoms with Crippen LogP contribution in [0.15, 0.2) is 49.1 Å². The van der Waals surface area contributed by atoms with Crippen molar-refractivity contribution in [2.24, 2.45) is 0 Å². The summed E-state index contributed by atoms with van der Waals surface area (Å²) in [5, 5.41) is 5.48. The SMILES string of the molecule is CCNc1nccnc1-c1cncc2ccccc12. The Morgan fingerprint density at radius 3 is 2.79 bits per heavy atom. The fourth-order valence-electron chi connectivity index (χ4n) is 2.14. The van der Waals surface area contributed by atoms with Gasteiger partial charge in [0, 0.05) is 42.3 Å². The summed E-state index contributed by atoms with van der Waals surface area (Å²) in [5.74, 6) is 0.795. The van der Waals surface area contributed by atoms with E-state index < -0.39 is 0 Å². The lowest BCUT2D eigenvalue weighted by molar-refractivity contribution is 1.12. The van der Waals surface area contributed by atoms with Crippen molar-refractivity contribution in [1.82, 2.24) is 15.0 Å². The summed E-state index contributed by atoms with van der Waals surface area (Å²) in [4.78, 5) is 13.1. The van der Waals surface area contributed by atoms with Crippen molar-refractivity contribution >= 4 is 16.6 Å². The number of aromatic nitrogens is 3. The third-order valence-electron chi connectivity index (χ3n) is 2.97. The lowest BCUT2D eigenvalue weighted by Crippen LogP contribution is -2.02. The largest absolute Gasteiger partial charge is 0.369 e. The van der Waals surface area contributed by atoms with Crippen molar-refractivity contribution in [3.05, 3.63) is 49.1 Å². The van der Waals surface area contributed by atoms with Crippen LogP contribution in [0.25, 0.3) is 22.0 Å². The second-order valence-electron chi connectivity index (χ2n) is 4.19. The molecule has 94 valence electrons. The number of fused-ring (bicyclic) bond motifs is 1. The van der Waals surface area contributed by atoms with Crippen LogP contribution < -0.4 is 5.32 Å². The molecule has 0 aliphatic rings. The molecular formula is C15H14N4. The summed E-state index contributed by atoms with van der Waals surface area (Å²) in [5.41, 5.74) is 1.84. The number of benzene rings is 1. The van der Waals surface area contributed by atoms with E-state index in [4.69, 9.17) is 0 Å². The van der Waals surface area contributed by atoms with Gasteiger partial charge < -0.3 is 5.32 Å². The van der Waals surface area contributed by atoms with E-state index in [0.717, 1.165) is 34.4 Å². The van der Waals surface area contributed by atoms with E-state index in [0.29, 0.717) is 0 Å². The molecule has 0 saturated carbocycles. The minimum atomic E-state index is 0.795. The highest BCUT2D eigenvalue weighted by Gasteiger charge is 2.10. The summed E-state index contributed by atoms with van der Waals surface area (Å²) >= 11 is 0. The summed E-state index contributed by atoms with van der Waals surface area (Å²) in [6.07, 6.45) is 7.10. The first-order chi connectivity index (χ1) is 9.40. The van der Waals surface area contributed by atoms with E-state index in [1.165, 1.54) is 0 Å². The minimum Gasteiger partial charge on any atom is -0.369 e. The first kappa shape index (κ1) is 11.6. The van der Waals surface area contributed by atoms with E-state index in [1.54, 1.807) is 12.4 Å². The Morgan fingerprint density at radius 2 is 1.89 bits per heavy atom. The molecule has 0 radical (unpaired) electrons. The van der Waals surface area contributed by atoms with Gasteiger partial charge in [-0.1, -0.05) is 24.3 Å². The molecule has 0 saturated heterocycles. The fourth-order valence-corrected chi connectivity index (χ4v) is 2.14. The third kappa shape index (κ3) is 2.12. The zero-order valence-electron chi connectivity index (χ0n) is 10.7. The van der Waals surface area contributed by atoms with Crippen LogP contribution in [0.1, 0.15) is 6.92 Å². The summed E-state index contributed by atoms with van der Waals surface area (Å²) in [6.45, 7) is 2.85. The van der Waals surface area contributed by atoms with Crippen LogP contribution in [0.5, 0.6) is 0 Å². The highest BCUT2D eigenvalue weighted by atomic mass is 15.0. The Kier molecular flexibility index (Phi) is 3.06. The molecule has 0 spiro atoms. The maximum absolute atomic E-state index is 4.45. The Hall–Kier alpha value is -2.49. The van der Waals surface area contributed by atoms with Crippen molar-refractivity contribution in [1.29, 1.82) is 0 Å². The van der Waals surface area contributed by atoms with Gasteiger partial charge in [0.25, 0.3) is 0 Å². The molecule has 2 heterocycles. The number of rotatable bonds is 3. The van der Waals surface area contributed by atoms with Gasteiger partial charge in [-0.05, 0) is 12.3 Å². The van der Waals surface area contributed by atoms with Crippen molar-refractivity contribution in [2.75, 3.05) is 11.9 Å². The number of hydrogen-bond donors (Lipinski definition) is 1. The fraction of sp³-hybridized carbons (Fsp3) is 0.133. The zero-order valence-corrected chi connectivity index (χ0v) is 10.7. The highest BCUT2D eigenvalue weighted by molar-refractivity contribution is 5.96. The molecule has 1 aromatic carbocycles. The van der Waals surface area contributed by atoms with Crippen LogP contribution >= 0.6 is 0 Å². The van der Waals surface area contributed by atoms with Gasteiger partial charge in [-0.3, -0.25) is 9.97 Å². The first-order valence-electron chi connectivity index (χ1n) is 6.28. The van der Waals surface area contributed by atoms with Crippen LogP contribution in [-0.2, 0) is 0 Å². The quantitative estimate of drug-likeness (QED) is 0.776. The molecule has 0 aliphatic heterocycles. The van der Waals surface area contributed by atoms with E-state index in [1.807, 2.05) is 31.5 Å². The molecule has 4 nitrogen and oxygen atoms in total. The first-order valence-corrected chi connectivity index (χ1v) is 6.28. The zero-order chi connectivity index (χ0) is 13.1. The van der Waals surface area contributed by atoms with Gasteiger partial charge in [-0.2, -0.15) is 0 Å². The molecule has 0 unspecified atom stereocenters. The Bertz CT molecular complexity index is 704. The average molecular weight is 250 g/mol. The maximum atomic E-state index is 4.45. The van der Waals surface area contributed by atoms with Crippen LogP contribution in [-0.4, -0.2) is 21.5 Å². The molecule has 4 heteroatoms. The molecule has 1 N–H and O–H groups in total. The van der Waals surface area contributed by atoms with Crippen LogP contribution in [0, 0.1) is 0 Å². The summed E-state index contributed by atoms with van der Waals surface area (Å²) < 4.78 is 0. The molecule has 2 aromatic heterocycles. The highest BCUT2D eigenvalue weighted by Crippen LogP contribution is 2.29. The van der Waals surface area contributed by atoms with Gasteiger partial charge in [-0.15, -0.1) is 0 Å². The van der Waals surface area contributed by atoms with Crippen molar-refractivity contribution in [2.45, 2.75) is 6.92 Å². The van der Waals surface area contributed by atoms with Gasteiger partial charge >= 0.3 is 0 Å². The molecule has 3 rings (SSSR count). The van der Waals surface area contributed by atoms with Crippen molar-refractivity contribution in [3.8, 4) is 11.3 Å². The molecule has 0 fully saturated rings. The predicted molar refractivity (Wildman–Crippen MR) is 76.9 cm³/mol. The smallest absolute Gasteiger partial charge is 0.152 e. The van der Waals surface area contributed by atoms with Crippen molar-refractivity contribution in [3.63, 3.8) is 0 Å². The molecule has 3 aromatic rings. The molecule has 0 amide bonds. The topological polar surface area (TPSA) is 50.7 Å². The third-order valence-corrected chi connectivity index (χ3v) is 2.97. The monoisotopic (exact) mass is 250 g/mol. The second-order valence-corrected chi connectivity index (χ2v) is 4.19.